The minimum Gasteiger partial charge on any atom is -0.423 e. The fourth-order valence-corrected chi connectivity index (χ4v) is 1.49. The Morgan fingerprint density at radius 3 is 3.06 bits per heavy atom. The Balaban J connectivity index is 2.23. The summed E-state index contributed by atoms with van der Waals surface area (Å²) >= 11 is 0. The van der Waals surface area contributed by atoms with Crippen molar-refractivity contribution in [1.29, 1.82) is 0 Å². The molecule has 0 bridgehead atoms. The topological polar surface area (TPSA) is 55.1 Å². The number of aryl methyl sites for hydroxylation is 1. The number of carbonyl (C=O) groups is 1. The molecular formula is C12H14N2O2. The molecule has 0 spiro atoms. The average Bonchev–Trinajstić information content (AvgIpc) is 2.59. The van der Waals surface area contributed by atoms with Gasteiger partial charge in [0.05, 0.1) is 0 Å². The molecule has 84 valence electrons. The second-order valence-corrected chi connectivity index (χ2v) is 3.79. The van der Waals surface area contributed by atoms with Crippen molar-refractivity contribution in [3.05, 3.63) is 23.8 Å². The summed E-state index contributed by atoms with van der Waals surface area (Å²) in [5.41, 5.74) is 2.57. The molecule has 0 aliphatic rings. The van der Waals surface area contributed by atoms with Crippen molar-refractivity contribution >= 4 is 23.0 Å². The van der Waals surface area contributed by atoms with Crippen LogP contribution in [-0.2, 0) is 4.79 Å². The predicted octanol–water partition coefficient (Wildman–Crippen LogP) is 2.87. The highest BCUT2D eigenvalue weighted by atomic mass is 16.4. The van der Waals surface area contributed by atoms with Gasteiger partial charge in [-0.25, -0.2) is 0 Å². The van der Waals surface area contributed by atoms with Crippen LogP contribution in [0.2, 0.25) is 0 Å². The van der Waals surface area contributed by atoms with Crippen LogP contribution in [-0.4, -0.2) is 10.9 Å². The molecule has 4 heteroatoms. The van der Waals surface area contributed by atoms with Gasteiger partial charge in [0.15, 0.2) is 5.58 Å². The van der Waals surface area contributed by atoms with Gasteiger partial charge in [-0.2, -0.15) is 4.98 Å². The first-order valence-electron chi connectivity index (χ1n) is 5.36. The molecule has 1 aromatic carbocycles. The molecule has 4 nitrogen and oxygen atoms in total. The van der Waals surface area contributed by atoms with E-state index in [2.05, 4.69) is 10.3 Å². The lowest BCUT2D eigenvalue weighted by Gasteiger charge is -1.96. The smallest absolute Gasteiger partial charge is 0.302 e. The number of amides is 1. The van der Waals surface area contributed by atoms with Gasteiger partial charge in [0, 0.05) is 6.42 Å². The third-order valence-electron chi connectivity index (χ3n) is 2.27. The van der Waals surface area contributed by atoms with Crippen LogP contribution in [0, 0.1) is 6.92 Å². The van der Waals surface area contributed by atoms with E-state index in [0.29, 0.717) is 12.0 Å². The second kappa shape index (κ2) is 4.35. The van der Waals surface area contributed by atoms with Crippen LogP contribution in [0.1, 0.15) is 25.3 Å². The van der Waals surface area contributed by atoms with Gasteiger partial charge in [-0.1, -0.05) is 13.0 Å². The monoisotopic (exact) mass is 218 g/mol. The average molecular weight is 218 g/mol. The fraction of sp³-hybridized carbons (Fsp3) is 0.333. The number of hydrogen-bond acceptors (Lipinski definition) is 3. The zero-order valence-electron chi connectivity index (χ0n) is 9.41. The van der Waals surface area contributed by atoms with E-state index in [1.807, 2.05) is 32.0 Å². The zero-order valence-corrected chi connectivity index (χ0v) is 9.41. The molecule has 0 aliphatic carbocycles. The Morgan fingerprint density at radius 2 is 2.31 bits per heavy atom. The van der Waals surface area contributed by atoms with Crippen molar-refractivity contribution in [2.24, 2.45) is 0 Å². The maximum Gasteiger partial charge on any atom is 0.302 e. The molecule has 1 aromatic heterocycles. The molecule has 2 rings (SSSR count). The summed E-state index contributed by atoms with van der Waals surface area (Å²) in [5.74, 6) is -0.0641. The molecule has 0 aliphatic heterocycles. The van der Waals surface area contributed by atoms with Crippen LogP contribution < -0.4 is 5.32 Å². The van der Waals surface area contributed by atoms with E-state index in [1.54, 1.807) is 0 Å². The van der Waals surface area contributed by atoms with Crippen molar-refractivity contribution < 1.29 is 9.21 Å². The SMILES string of the molecule is CCCC(=O)Nc1nc2ccc(C)cc2o1. The lowest BCUT2D eigenvalue weighted by molar-refractivity contribution is -0.116. The van der Waals surface area contributed by atoms with E-state index in [9.17, 15) is 4.79 Å². The second-order valence-electron chi connectivity index (χ2n) is 3.79. The Morgan fingerprint density at radius 1 is 1.50 bits per heavy atom. The van der Waals surface area contributed by atoms with Gasteiger partial charge >= 0.3 is 6.01 Å². The molecule has 16 heavy (non-hydrogen) atoms. The van der Waals surface area contributed by atoms with Gasteiger partial charge in [0.2, 0.25) is 5.91 Å². The molecule has 0 fully saturated rings. The number of nitrogens with zero attached hydrogens (tertiary/aromatic N) is 1. The first kappa shape index (κ1) is 10.7. The maximum absolute atomic E-state index is 11.3. The van der Waals surface area contributed by atoms with E-state index in [4.69, 9.17) is 4.42 Å². The van der Waals surface area contributed by atoms with Crippen LogP contribution in [0.4, 0.5) is 6.01 Å². The summed E-state index contributed by atoms with van der Waals surface area (Å²) in [6, 6.07) is 6.02. The summed E-state index contributed by atoms with van der Waals surface area (Å²) in [7, 11) is 0. The molecule has 2 aromatic rings. The highest BCUT2D eigenvalue weighted by Crippen LogP contribution is 2.19. The van der Waals surface area contributed by atoms with Crippen LogP contribution >= 0.6 is 0 Å². The minimum atomic E-state index is -0.0641. The van der Waals surface area contributed by atoms with Gasteiger partial charge in [-0.3, -0.25) is 10.1 Å². The van der Waals surface area contributed by atoms with E-state index in [-0.39, 0.29) is 11.9 Å². The largest absolute Gasteiger partial charge is 0.423 e. The van der Waals surface area contributed by atoms with Crippen LogP contribution in [0.3, 0.4) is 0 Å². The predicted molar refractivity (Wildman–Crippen MR) is 62.3 cm³/mol. The lowest BCUT2D eigenvalue weighted by atomic mass is 10.2. The number of hydrogen-bond donors (Lipinski definition) is 1. The number of rotatable bonds is 3. The summed E-state index contributed by atoms with van der Waals surface area (Å²) < 4.78 is 5.42. The Bertz CT molecular complexity index is 517. The minimum absolute atomic E-state index is 0.0641. The van der Waals surface area contributed by atoms with Crippen LogP contribution in [0.25, 0.3) is 11.1 Å². The van der Waals surface area contributed by atoms with E-state index < -0.39 is 0 Å². The molecule has 0 saturated carbocycles. The van der Waals surface area contributed by atoms with Gasteiger partial charge in [0.25, 0.3) is 0 Å². The number of anilines is 1. The molecule has 0 atom stereocenters. The first-order valence-corrected chi connectivity index (χ1v) is 5.36. The molecule has 0 saturated heterocycles. The summed E-state index contributed by atoms with van der Waals surface area (Å²) in [6.45, 7) is 3.94. The lowest BCUT2D eigenvalue weighted by Crippen LogP contribution is -2.10. The van der Waals surface area contributed by atoms with E-state index in [1.165, 1.54) is 0 Å². The van der Waals surface area contributed by atoms with Crippen LogP contribution in [0.15, 0.2) is 22.6 Å². The molecule has 0 unspecified atom stereocenters. The standard InChI is InChI=1S/C12H14N2O2/c1-3-4-11(15)14-12-13-9-6-5-8(2)7-10(9)16-12/h5-7H,3-4H2,1-2H3,(H,13,14,15). The van der Waals surface area contributed by atoms with Crippen LogP contribution in [0.5, 0.6) is 0 Å². The zero-order chi connectivity index (χ0) is 11.5. The van der Waals surface area contributed by atoms with Crippen molar-refractivity contribution in [3.63, 3.8) is 0 Å². The number of benzene rings is 1. The van der Waals surface area contributed by atoms with Gasteiger partial charge in [-0.05, 0) is 31.0 Å². The van der Waals surface area contributed by atoms with E-state index >= 15 is 0 Å². The molecule has 0 radical (unpaired) electrons. The normalized spacial score (nSPS) is 10.6. The quantitative estimate of drug-likeness (QED) is 0.861. The number of oxazole rings is 1. The molecule has 1 N–H and O–H groups in total. The third kappa shape index (κ3) is 2.21. The van der Waals surface area contributed by atoms with Crippen molar-refractivity contribution in [2.75, 3.05) is 5.32 Å². The third-order valence-corrected chi connectivity index (χ3v) is 2.27. The number of fused-ring (bicyclic) bond motifs is 1. The maximum atomic E-state index is 11.3. The number of nitrogens with one attached hydrogen (secondary N) is 1. The number of carbonyl (C=O) groups excluding carboxylic acids is 1. The Kier molecular flexibility index (Phi) is 2.90. The molecule has 1 amide bonds. The van der Waals surface area contributed by atoms with Gasteiger partial charge in [0.1, 0.15) is 5.52 Å². The van der Waals surface area contributed by atoms with Crippen molar-refractivity contribution in [3.8, 4) is 0 Å². The Hall–Kier alpha value is -1.84. The fourth-order valence-electron chi connectivity index (χ4n) is 1.49. The summed E-state index contributed by atoms with van der Waals surface area (Å²) in [4.78, 5) is 15.5. The highest BCUT2D eigenvalue weighted by molar-refractivity contribution is 5.89. The molecule has 1 heterocycles. The first-order chi connectivity index (χ1) is 7.69. The molecular weight excluding hydrogens is 204 g/mol. The summed E-state index contributed by atoms with van der Waals surface area (Å²) in [5, 5.41) is 2.64. The van der Waals surface area contributed by atoms with Gasteiger partial charge < -0.3 is 4.42 Å². The summed E-state index contributed by atoms with van der Waals surface area (Å²) in [6.07, 6.45) is 1.29. The van der Waals surface area contributed by atoms with Crippen molar-refractivity contribution in [2.45, 2.75) is 26.7 Å². The van der Waals surface area contributed by atoms with E-state index in [0.717, 1.165) is 17.5 Å². The van der Waals surface area contributed by atoms with Crippen molar-refractivity contribution in [1.82, 2.24) is 4.98 Å². The van der Waals surface area contributed by atoms with Gasteiger partial charge in [-0.15, -0.1) is 0 Å². The number of aromatic nitrogens is 1. The highest BCUT2D eigenvalue weighted by Gasteiger charge is 2.08. The Labute approximate surface area is 93.7 Å².